The van der Waals surface area contributed by atoms with Crippen LogP contribution in [0.15, 0.2) is 152 Å². The van der Waals surface area contributed by atoms with Crippen molar-refractivity contribution in [1.82, 2.24) is 14.5 Å². The summed E-state index contributed by atoms with van der Waals surface area (Å²) in [6, 6.07) is 54.0. The average Bonchev–Trinajstić information content (AvgIpc) is 3.57. The van der Waals surface area contributed by atoms with E-state index in [1.54, 1.807) is 0 Å². The molecule has 0 radical (unpaired) electrons. The summed E-state index contributed by atoms with van der Waals surface area (Å²) in [6.45, 7) is 4.69. The second-order valence-corrected chi connectivity index (χ2v) is 12.7. The molecular weight excluding hydrogens is 558 g/mol. The lowest BCUT2D eigenvalue weighted by Crippen LogP contribution is -2.15. The largest absolute Gasteiger partial charge is 0.309 e. The van der Waals surface area contributed by atoms with Crippen molar-refractivity contribution in [1.29, 1.82) is 0 Å². The van der Waals surface area contributed by atoms with E-state index in [4.69, 9.17) is 9.97 Å². The minimum Gasteiger partial charge on any atom is -0.309 e. The van der Waals surface area contributed by atoms with Gasteiger partial charge in [-0.15, -0.1) is 0 Å². The number of para-hydroxylation sites is 2. The molecule has 3 nitrogen and oxygen atoms in total. The molecule has 3 heteroatoms. The van der Waals surface area contributed by atoms with Crippen molar-refractivity contribution in [2.45, 2.75) is 19.3 Å². The number of fused-ring (bicyclic) bond motifs is 6. The van der Waals surface area contributed by atoms with Crippen LogP contribution in [0.2, 0.25) is 0 Å². The first-order valence-electron chi connectivity index (χ1n) is 15.8. The lowest BCUT2D eigenvalue weighted by Gasteiger charge is -2.22. The van der Waals surface area contributed by atoms with Crippen LogP contribution < -0.4 is 0 Å². The van der Waals surface area contributed by atoms with Gasteiger partial charge in [0.25, 0.3) is 0 Å². The fraction of sp³-hybridized carbons (Fsp3) is 0.0698. The van der Waals surface area contributed by atoms with Crippen LogP contribution in [0.3, 0.4) is 0 Å². The van der Waals surface area contributed by atoms with Gasteiger partial charge < -0.3 is 4.57 Å². The Hall–Kier alpha value is -5.80. The second-order valence-electron chi connectivity index (χ2n) is 12.7. The first-order chi connectivity index (χ1) is 22.6. The van der Waals surface area contributed by atoms with Gasteiger partial charge in [-0.3, -0.25) is 0 Å². The van der Waals surface area contributed by atoms with Crippen LogP contribution in [0.25, 0.3) is 72.5 Å². The smallest absolute Gasteiger partial charge is 0.160 e. The van der Waals surface area contributed by atoms with Gasteiger partial charge in [-0.1, -0.05) is 129 Å². The zero-order valence-corrected chi connectivity index (χ0v) is 25.8. The number of benzene rings is 6. The van der Waals surface area contributed by atoms with Crippen molar-refractivity contribution in [3.05, 3.63) is 163 Å². The quantitative estimate of drug-likeness (QED) is 0.204. The average molecular weight is 590 g/mol. The summed E-state index contributed by atoms with van der Waals surface area (Å²) in [4.78, 5) is 10.1. The van der Waals surface area contributed by atoms with E-state index in [0.29, 0.717) is 0 Å². The lowest BCUT2D eigenvalue weighted by atomic mass is 9.82. The molecule has 218 valence electrons. The molecule has 1 aliphatic rings. The zero-order valence-electron chi connectivity index (χ0n) is 25.8. The maximum atomic E-state index is 5.11. The molecule has 0 spiro atoms. The van der Waals surface area contributed by atoms with Crippen molar-refractivity contribution in [3.63, 3.8) is 0 Å². The molecule has 9 rings (SSSR count). The first kappa shape index (κ1) is 26.6. The Labute approximate surface area is 268 Å². The van der Waals surface area contributed by atoms with Crippen molar-refractivity contribution >= 4 is 21.8 Å². The van der Waals surface area contributed by atoms with Crippen LogP contribution in [0, 0.1) is 0 Å². The molecule has 0 N–H and O–H groups in total. The summed E-state index contributed by atoms with van der Waals surface area (Å²) in [5.41, 5.74) is 13.7. The molecule has 0 atom stereocenters. The molecule has 0 saturated heterocycles. The van der Waals surface area contributed by atoms with Crippen molar-refractivity contribution in [2.75, 3.05) is 0 Å². The van der Waals surface area contributed by atoms with E-state index in [1.807, 2.05) is 24.3 Å². The molecule has 6 aromatic carbocycles. The van der Waals surface area contributed by atoms with Gasteiger partial charge in [-0.05, 0) is 58.7 Å². The summed E-state index contributed by atoms with van der Waals surface area (Å²) in [7, 11) is 0. The van der Waals surface area contributed by atoms with E-state index in [9.17, 15) is 0 Å². The SMILES string of the molecule is CC1(C)c2ccc(-c3cc(-c4ccccc4)nc(-c4ccccc4)n3)cc2-c2ccc(-n3c4ccccc4c4ccccc43)cc21. The van der Waals surface area contributed by atoms with E-state index in [2.05, 4.69) is 146 Å². The van der Waals surface area contributed by atoms with Gasteiger partial charge in [0.1, 0.15) is 0 Å². The van der Waals surface area contributed by atoms with Gasteiger partial charge in [-0.2, -0.15) is 0 Å². The summed E-state index contributed by atoms with van der Waals surface area (Å²) >= 11 is 0. The van der Waals surface area contributed by atoms with Crippen LogP contribution >= 0.6 is 0 Å². The topological polar surface area (TPSA) is 30.7 Å². The maximum Gasteiger partial charge on any atom is 0.160 e. The Bertz CT molecular complexity index is 2320. The van der Waals surface area contributed by atoms with E-state index >= 15 is 0 Å². The molecule has 1 aliphatic carbocycles. The van der Waals surface area contributed by atoms with Crippen molar-refractivity contribution in [2.24, 2.45) is 0 Å². The standard InChI is InChI=1S/C43H31N3/c1-43(2)36-24-21-30(39-27-38(28-13-5-3-6-14-28)44-42(45-39)29-15-7-4-8-16-29)25-35(36)32-23-22-31(26-37(32)43)46-40-19-11-9-17-33(40)34-18-10-12-20-41(34)46/h3-27H,1-2H3. The number of hydrogen-bond acceptors (Lipinski definition) is 2. The molecule has 46 heavy (non-hydrogen) atoms. The Kier molecular flexibility index (Phi) is 5.85. The third-order valence-electron chi connectivity index (χ3n) is 9.62. The molecule has 0 bridgehead atoms. The number of nitrogens with zero attached hydrogens (tertiary/aromatic N) is 3. The van der Waals surface area contributed by atoms with Crippen molar-refractivity contribution < 1.29 is 0 Å². The third kappa shape index (κ3) is 4.05. The van der Waals surface area contributed by atoms with Crippen LogP contribution in [0.4, 0.5) is 0 Å². The van der Waals surface area contributed by atoms with Crippen LogP contribution in [0.1, 0.15) is 25.0 Å². The zero-order chi connectivity index (χ0) is 30.8. The van der Waals surface area contributed by atoms with Gasteiger partial charge >= 0.3 is 0 Å². The predicted octanol–water partition coefficient (Wildman–Crippen LogP) is 10.9. The number of hydrogen-bond donors (Lipinski definition) is 0. The molecule has 8 aromatic rings. The maximum absolute atomic E-state index is 5.11. The van der Waals surface area contributed by atoms with Gasteiger partial charge in [0.15, 0.2) is 5.82 Å². The lowest BCUT2D eigenvalue weighted by molar-refractivity contribution is 0.660. The highest BCUT2D eigenvalue weighted by Gasteiger charge is 2.36. The van der Waals surface area contributed by atoms with E-state index < -0.39 is 0 Å². The minimum absolute atomic E-state index is 0.145. The van der Waals surface area contributed by atoms with E-state index in [0.717, 1.165) is 33.9 Å². The van der Waals surface area contributed by atoms with Crippen LogP contribution in [-0.2, 0) is 5.41 Å². The van der Waals surface area contributed by atoms with Gasteiger partial charge in [-0.25, -0.2) is 9.97 Å². The highest BCUT2D eigenvalue weighted by Crippen LogP contribution is 2.50. The van der Waals surface area contributed by atoms with Crippen LogP contribution in [0.5, 0.6) is 0 Å². The molecule has 0 saturated carbocycles. The highest BCUT2D eigenvalue weighted by atomic mass is 15.0. The second kappa shape index (κ2) is 10.1. The monoisotopic (exact) mass is 589 g/mol. The van der Waals surface area contributed by atoms with E-state index in [1.165, 1.54) is 49.7 Å². The molecule has 0 unspecified atom stereocenters. The highest BCUT2D eigenvalue weighted by molar-refractivity contribution is 6.09. The number of rotatable bonds is 4. The normalized spacial score (nSPS) is 13.2. The minimum atomic E-state index is -0.145. The Morgan fingerprint density at radius 1 is 0.457 bits per heavy atom. The van der Waals surface area contributed by atoms with Gasteiger partial charge in [0.05, 0.1) is 22.4 Å². The Morgan fingerprint density at radius 3 is 1.72 bits per heavy atom. The molecule has 0 aliphatic heterocycles. The summed E-state index contributed by atoms with van der Waals surface area (Å²) in [6.07, 6.45) is 0. The summed E-state index contributed by atoms with van der Waals surface area (Å²) < 4.78 is 2.41. The molecule has 2 heterocycles. The Balaban J connectivity index is 1.20. The number of aromatic nitrogens is 3. The van der Waals surface area contributed by atoms with Crippen molar-refractivity contribution in [3.8, 4) is 50.7 Å². The molecule has 2 aromatic heterocycles. The van der Waals surface area contributed by atoms with Gasteiger partial charge in [0.2, 0.25) is 0 Å². The fourth-order valence-corrected chi connectivity index (χ4v) is 7.31. The molecule has 0 amide bonds. The summed E-state index contributed by atoms with van der Waals surface area (Å²) in [5, 5.41) is 2.56. The van der Waals surface area contributed by atoms with E-state index in [-0.39, 0.29) is 5.41 Å². The fourth-order valence-electron chi connectivity index (χ4n) is 7.31. The Morgan fingerprint density at radius 2 is 1.04 bits per heavy atom. The van der Waals surface area contributed by atoms with Crippen LogP contribution in [-0.4, -0.2) is 14.5 Å². The predicted molar refractivity (Wildman–Crippen MR) is 190 cm³/mol. The summed E-state index contributed by atoms with van der Waals surface area (Å²) in [5.74, 6) is 0.731. The molecule has 0 fully saturated rings. The third-order valence-corrected chi connectivity index (χ3v) is 9.62. The van der Waals surface area contributed by atoms with Gasteiger partial charge in [0, 0.05) is 38.6 Å². The first-order valence-corrected chi connectivity index (χ1v) is 15.8. The molecular formula is C43H31N3.